The van der Waals surface area contributed by atoms with Crippen molar-refractivity contribution in [3.8, 4) is 0 Å². The highest BCUT2D eigenvalue weighted by Crippen LogP contribution is 2.30. The van der Waals surface area contributed by atoms with Crippen LogP contribution < -0.4 is 0 Å². The van der Waals surface area contributed by atoms with Gasteiger partial charge in [-0.2, -0.15) is 0 Å². The summed E-state index contributed by atoms with van der Waals surface area (Å²) >= 11 is 1.76. The summed E-state index contributed by atoms with van der Waals surface area (Å²) in [5.41, 5.74) is 3.12. The van der Waals surface area contributed by atoms with Crippen LogP contribution in [0.25, 0.3) is 0 Å². The molecule has 2 aliphatic rings. The summed E-state index contributed by atoms with van der Waals surface area (Å²) in [4.78, 5) is 8.17. The van der Waals surface area contributed by atoms with Gasteiger partial charge in [-0.3, -0.25) is 4.90 Å². The third-order valence-electron chi connectivity index (χ3n) is 3.81. The summed E-state index contributed by atoms with van der Waals surface area (Å²) in [6, 6.07) is 0. The molecule has 0 N–H and O–H groups in total. The molecule has 0 bridgehead atoms. The first-order valence-corrected chi connectivity index (χ1v) is 7.55. The fourth-order valence-electron chi connectivity index (χ4n) is 2.82. The normalized spacial score (nSPS) is 23.8. The predicted octanol–water partition coefficient (Wildman–Crippen LogP) is 1.83. The highest BCUT2D eigenvalue weighted by Gasteiger charge is 2.40. The Morgan fingerprint density at radius 2 is 2.28 bits per heavy atom. The van der Waals surface area contributed by atoms with Gasteiger partial charge in [0.05, 0.1) is 31.0 Å². The van der Waals surface area contributed by atoms with Gasteiger partial charge in [0.2, 0.25) is 0 Å². The van der Waals surface area contributed by atoms with Crippen molar-refractivity contribution < 1.29 is 9.47 Å². The molecule has 1 aromatic rings. The van der Waals surface area contributed by atoms with Crippen molar-refractivity contribution in [2.24, 2.45) is 0 Å². The number of ether oxygens (including phenoxy) is 2. The van der Waals surface area contributed by atoms with Gasteiger partial charge in [0, 0.05) is 17.8 Å². The first-order valence-electron chi connectivity index (χ1n) is 6.67. The van der Waals surface area contributed by atoms with Crippen LogP contribution in [-0.4, -0.2) is 48.5 Å². The van der Waals surface area contributed by atoms with Crippen LogP contribution in [0.3, 0.4) is 0 Å². The van der Waals surface area contributed by atoms with Crippen LogP contribution in [0.5, 0.6) is 0 Å². The summed E-state index contributed by atoms with van der Waals surface area (Å²) < 4.78 is 11.6. The van der Waals surface area contributed by atoms with E-state index >= 15 is 0 Å². The zero-order chi connectivity index (χ0) is 12.4. The molecule has 0 saturated carbocycles. The lowest BCUT2D eigenvalue weighted by molar-refractivity contribution is -0.189. The number of piperidine rings is 1. The number of nitrogens with zero attached hydrogens (tertiary/aromatic N) is 2. The fraction of sp³-hybridized carbons (Fsp3) is 0.769. The maximum absolute atomic E-state index is 5.80. The van der Waals surface area contributed by atoms with Gasteiger partial charge in [-0.25, -0.2) is 4.98 Å². The molecule has 2 fully saturated rings. The maximum atomic E-state index is 5.80. The molecule has 2 saturated heterocycles. The van der Waals surface area contributed by atoms with Gasteiger partial charge in [-0.15, -0.1) is 11.3 Å². The Kier molecular flexibility index (Phi) is 3.66. The Morgan fingerprint density at radius 1 is 1.44 bits per heavy atom. The van der Waals surface area contributed by atoms with Crippen LogP contribution in [0.2, 0.25) is 0 Å². The molecule has 1 aromatic heterocycles. The van der Waals surface area contributed by atoms with Crippen LogP contribution >= 0.6 is 11.3 Å². The number of hydrogen-bond donors (Lipinski definition) is 0. The molecule has 0 aromatic carbocycles. The number of likely N-dealkylation sites (tertiary alicyclic amines) is 1. The first kappa shape index (κ1) is 12.5. The Morgan fingerprint density at radius 3 is 3.00 bits per heavy atom. The van der Waals surface area contributed by atoms with Crippen LogP contribution in [0, 0.1) is 6.92 Å². The van der Waals surface area contributed by atoms with Gasteiger partial charge in [-0.1, -0.05) is 0 Å². The zero-order valence-corrected chi connectivity index (χ0v) is 11.7. The monoisotopic (exact) mass is 268 g/mol. The van der Waals surface area contributed by atoms with Crippen molar-refractivity contribution in [2.75, 3.05) is 32.8 Å². The quantitative estimate of drug-likeness (QED) is 0.838. The number of rotatable bonds is 3. The van der Waals surface area contributed by atoms with Gasteiger partial charge >= 0.3 is 0 Å². The Balaban J connectivity index is 1.55. The van der Waals surface area contributed by atoms with Crippen LogP contribution in [0.4, 0.5) is 0 Å². The second-order valence-electron chi connectivity index (χ2n) is 5.10. The average Bonchev–Trinajstić information content (AvgIpc) is 2.97. The molecule has 100 valence electrons. The number of hydrogen-bond acceptors (Lipinski definition) is 5. The maximum Gasteiger partial charge on any atom is 0.181 e. The van der Waals surface area contributed by atoms with E-state index in [2.05, 4.69) is 16.8 Å². The standard InChI is InChI=1S/C13H20N2O2S/c1-11-12(18-10-14-11)3-6-15-5-2-4-13(9-15)16-7-8-17-13/h10H,2-9H2,1H3. The third kappa shape index (κ3) is 2.59. The van der Waals surface area contributed by atoms with E-state index in [1.165, 1.54) is 17.0 Å². The van der Waals surface area contributed by atoms with Gasteiger partial charge in [0.1, 0.15) is 0 Å². The minimum atomic E-state index is -0.291. The van der Waals surface area contributed by atoms with E-state index < -0.39 is 0 Å². The van der Waals surface area contributed by atoms with E-state index in [1.807, 2.05) is 5.51 Å². The van der Waals surface area contributed by atoms with E-state index in [1.54, 1.807) is 11.3 Å². The molecule has 0 unspecified atom stereocenters. The van der Waals surface area contributed by atoms with Crippen LogP contribution in [-0.2, 0) is 15.9 Å². The minimum absolute atomic E-state index is 0.291. The van der Waals surface area contributed by atoms with Crippen LogP contribution in [0.1, 0.15) is 23.4 Å². The number of aromatic nitrogens is 1. The summed E-state index contributed by atoms with van der Waals surface area (Å²) in [5.74, 6) is -0.291. The topological polar surface area (TPSA) is 34.6 Å². The summed E-state index contributed by atoms with van der Waals surface area (Å²) in [7, 11) is 0. The van der Waals surface area contributed by atoms with Crippen molar-refractivity contribution in [3.05, 3.63) is 16.1 Å². The molecule has 3 heterocycles. The van der Waals surface area contributed by atoms with E-state index in [0.717, 1.165) is 45.7 Å². The van der Waals surface area contributed by atoms with Crippen LogP contribution in [0.15, 0.2) is 5.51 Å². The third-order valence-corrected chi connectivity index (χ3v) is 4.80. The smallest absolute Gasteiger partial charge is 0.181 e. The summed E-state index contributed by atoms with van der Waals surface area (Å²) in [6.07, 6.45) is 3.30. The molecule has 1 spiro atoms. The SMILES string of the molecule is Cc1ncsc1CCN1CCCC2(C1)OCCO2. The van der Waals surface area contributed by atoms with Crippen molar-refractivity contribution in [1.82, 2.24) is 9.88 Å². The molecule has 0 amide bonds. The van der Waals surface area contributed by atoms with Crippen molar-refractivity contribution >= 4 is 11.3 Å². The molecular formula is C13H20N2O2S. The fourth-order valence-corrected chi connectivity index (χ4v) is 3.59. The van der Waals surface area contributed by atoms with E-state index in [4.69, 9.17) is 9.47 Å². The molecule has 18 heavy (non-hydrogen) atoms. The molecule has 0 aliphatic carbocycles. The number of thiazole rings is 1. The number of aryl methyl sites for hydroxylation is 1. The molecule has 2 aliphatic heterocycles. The summed E-state index contributed by atoms with van der Waals surface area (Å²) in [5, 5.41) is 0. The van der Waals surface area contributed by atoms with Crippen molar-refractivity contribution in [1.29, 1.82) is 0 Å². The van der Waals surface area contributed by atoms with Gasteiger partial charge in [0.15, 0.2) is 5.79 Å². The second kappa shape index (κ2) is 5.25. The molecule has 0 atom stereocenters. The first-order chi connectivity index (χ1) is 8.77. The van der Waals surface area contributed by atoms with Crippen molar-refractivity contribution in [3.63, 3.8) is 0 Å². The lowest BCUT2D eigenvalue weighted by Crippen LogP contribution is -2.49. The summed E-state index contributed by atoms with van der Waals surface area (Å²) in [6.45, 7) is 6.75. The molecule has 4 nitrogen and oxygen atoms in total. The van der Waals surface area contributed by atoms with E-state index in [-0.39, 0.29) is 5.79 Å². The average molecular weight is 268 g/mol. The van der Waals surface area contributed by atoms with E-state index in [9.17, 15) is 0 Å². The predicted molar refractivity (Wildman–Crippen MR) is 70.9 cm³/mol. The lowest BCUT2D eigenvalue weighted by atomic mass is 10.0. The highest BCUT2D eigenvalue weighted by molar-refractivity contribution is 7.09. The Bertz CT molecular complexity index is 401. The molecule has 3 rings (SSSR count). The molecular weight excluding hydrogens is 248 g/mol. The highest BCUT2D eigenvalue weighted by atomic mass is 32.1. The van der Waals surface area contributed by atoms with Gasteiger partial charge in [0.25, 0.3) is 0 Å². The Labute approximate surface area is 112 Å². The zero-order valence-electron chi connectivity index (χ0n) is 10.9. The Hall–Kier alpha value is -0.490. The second-order valence-corrected chi connectivity index (χ2v) is 6.04. The molecule has 5 heteroatoms. The lowest BCUT2D eigenvalue weighted by Gasteiger charge is -2.38. The molecule has 0 radical (unpaired) electrons. The van der Waals surface area contributed by atoms with Gasteiger partial charge in [-0.05, 0) is 26.3 Å². The minimum Gasteiger partial charge on any atom is -0.346 e. The van der Waals surface area contributed by atoms with Gasteiger partial charge < -0.3 is 9.47 Å². The van der Waals surface area contributed by atoms with E-state index in [0.29, 0.717) is 0 Å². The van der Waals surface area contributed by atoms with Crippen molar-refractivity contribution in [2.45, 2.75) is 32.0 Å². The largest absolute Gasteiger partial charge is 0.346 e.